The molecule has 3 rings (SSSR count). The lowest BCUT2D eigenvalue weighted by Crippen LogP contribution is -1.83. The van der Waals surface area contributed by atoms with E-state index in [9.17, 15) is 0 Å². The zero-order chi connectivity index (χ0) is 12.5. The van der Waals surface area contributed by atoms with Gasteiger partial charge in [-0.1, -0.05) is 42.5 Å². The van der Waals surface area contributed by atoms with Crippen LogP contribution in [-0.4, -0.2) is 4.98 Å². The van der Waals surface area contributed by atoms with Gasteiger partial charge >= 0.3 is 0 Å². The fourth-order valence-electron chi connectivity index (χ4n) is 2.29. The largest absolute Gasteiger partial charge is 0.354 e. The second kappa shape index (κ2) is 4.90. The van der Waals surface area contributed by atoms with E-state index in [0.717, 1.165) is 9.81 Å². The lowest BCUT2D eigenvalue weighted by molar-refractivity contribution is 1.29. The normalized spacial score (nSPS) is 11.0. The monoisotopic (exact) mass is 363 g/mol. The van der Waals surface area contributed by atoms with Crippen LogP contribution in [-0.2, 0) is 6.42 Å². The summed E-state index contributed by atoms with van der Waals surface area (Å²) in [6.07, 6.45) is 3.01. The van der Waals surface area contributed by atoms with Crippen molar-refractivity contribution in [1.82, 2.24) is 4.98 Å². The first-order valence-corrected chi connectivity index (χ1v) is 7.34. The van der Waals surface area contributed by atoms with Gasteiger partial charge in [-0.15, -0.1) is 0 Å². The molecule has 0 saturated carbocycles. The molecule has 0 aliphatic carbocycles. The van der Waals surface area contributed by atoms with Crippen LogP contribution in [0.5, 0.6) is 0 Å². The molecule has 3 heteroatoms. The minimum Gasteiger partial charge on any atom is -0.354 e. The number of benzene rings is 2. The van der Waals surface area contributed by atoms with Crippen LogP contribution in [0, 0.1) is 0 Å². The van der Waals surface area contributed by atoms with Gasteiger partial charge in [-0.25, -0.2) is 0 Å². The standard InChI is InChI=1S/C15H11Br2N/c16-14(17)9-8-10-4-3-6-12-11-5-1-2-7-13(11)18-15(10)12/h1-7,9,18H,8H2. The number of H-pyrrole nitrogens is 1. The number of aromatic nitrogens is 1. The fraction of sp³-hybridized carbons (Fsp3) is 0.0667. The summed E-state index contributed by atoms with van der Waals surface area (Å²) >= 11 is 6.80. The molecule has 1 nitrogen and oxygen atoms in total. The average molecular weight is 365 g/mol. The van der Waals surface area contributed by atoms with Crippen molar-refractivity contribution < 1.29 is 0 Å². The molecule has 0 spiro atoms. The van der Waals surface area contributed by atoms with E-state index in [-0.39, 0.29) is 0 Å². The van der Waals surface area contributed by atoms with Gasteiger partial charge in [0, 0.05) is 16.3 Å². The van der Waals surface area contributed by atoms with Crippen LogP contribution in [0.1, 0.15) is 5.56 Å². The van der Waals surface area contributed by atoms with Gasteiger partial charge in [-0.2, -0.15) is 0 Å². The van der Waals surface area contributed by atoms with E-state index < -0.39 is 0 Å². The molecule has 0 atom stereocenters. The van der Waals surface area contributed by atoms with Gasteiger partial charge in [0.05, 0.1) is 8.91 Å². The summed E-state index contributed by atoms with van der Waals surface area (Å²) in [5.74, 6) is 0. The molecule has 0 radical (unpaired) electrons. The number of allylic oxidation sites excluding steroid dienone is 1. The molecule has 1 aromatic heterocycles. The Bertz CT molecular complexity index is 736. The molecule has 0 unspecified atom stereocenters. The maximum Gasteiger partial charge on any atom is 0.0567 e. The first kappa shape index (κ1) is 12.0. The van der Waals surface area contributed by atoms with Crippen LogP contribution < -0.4 is 0 Å². The van der Waals surface area contributed by atoms with E-state index in [4.69, 9.17) is 0 Å². The second-order valence-corrected chi connectivity index (χ2v) is 6.98. The lowest BCUT2D eigenvalue weighted by atomic mass is 10.1. The Balaban J connectivity index is 2.24. The molecule has 0 aliphatic rings. The number of rotatable bonds is 2. The Labute approximate surface area is 122 Å². The Morgan fingerprint density at radius 1 is 1.00 bits per heavy atom. The van der Waals surface area contributed by atoms with Crippen molar-refractivity contribution in [3.63, 3.8) is 0 Å². The summed E-state index contributed by atoms with van der Waals surface area (Å²) in [6, 6.07) is 14.9. The van der Waals surface area contributed by atoms with Gasteiger partial charge < -0.3 is 4.98 Å². The Kier molecular flexibility index (Phi) is 3.27. The molecule has 0 saturated heterocycles. The third-order valence-corrected chi connectivity index (χ3v) is 3.75. The maximum absolute atomic E-state index is 3.51. The van der Waals surface area contributed by atoms with Crippen molar-refractivity contribution in [2.24, 2.45) is 0 Å². The number of para-hydroxylation sites is 2. The van der Waals surface area contributed by atoms with E-state index in [1.807, 2.05) is 0 Å². The predicted molar refractivity (Wildman–Crippen MR) is 85.4 cm³/mol. The summed E-state index contributed by atoms with van der Waals surface area (Å²) < 4.78 is 0.989. The number of hydrogen-bond acceptors (Lipinski definition) is 0. The third-order valence-electron chi connectivity index (χ3n) is 3.10. The van der Waals surface area contributed by atoms with Crippen molar-refractivity contribution in [1.29, 1.82) is 0 Å². The molecule has 3 aromatic rings. The van der Waals surface area contributed by atoms with Gasteiger partial charge in [0.25, 0.3) is 0 Å². The molecule has 0 bridgehead atoms. The molecular weight excluding hydrogens is 354 g/mol. The van der Waals surface area contributed by atoms with E-state index in [1.165, 1.54) is 27.4 Å². The quantitative estimate of drug-likeness (QED) is 0.618. The molecular formula is C15H11Br2N. The van der Waals surface area contributed by atoms with Crippen molar-refractivity contribution >= 4 is 53.7 Å². The zero-order valence-electron chi connectivity index (χ0n) is 9.58. The smallest absolute Gasteiger partial charge is 0.0567 e. The second-order valence-electron chi connectivity index (χ2n) is 4.21. The summed E-state index contributed by atoms with van der Waals surface area (Å²) in [4.78, 5) is 3.51. The molecule has 0 aliphatic heterocycles. The summed E-state index contributed by atoms with van der Waals surface area (Å²) in [5, 5.41) is 2.58. The van der Waals surface area contributed by atoms with Gasteiger partial charge in [-0.3, -0.25) is 0 Å². The van der Waals surface area contributed by atoms with E-state index in [0.29, 0.717) is 0 Å². The van der Waals surface area contributed by atoms with E-state index >= 15 is 0 Å². The van der Waals surface area contributed by atoms with Crippen molar-refractivity contribution in [2.75, 3.05) is 0 Å². The lowest BCUT2D eigenvalue weighted by Gasteiger charge is -1.99. The molecule has 90 valence electrons. The Hall–Kier alpha value is -1.06. The highest BCUT2D eigenvalue weighted by atomic mass is 79.9. The van der Waals surface area contributed by atoms with E-state index in [1.54, 1.807) is 0 Å². The first-order chi connectivity index (χ1) is 8.75. The Morgan fingerprint density at radius 3 is 2.61 bits per heavy atom. The SMILES string of the molecule is BrC(Br)=CCc1cccc2c1[nH]c1ccccc12. The van der Waals surface area contributed by atoms with Crippen LogP contribution in [0.15, 0.2) is 51.9 Å². The number of halogens is 2. The number of aromatic amines is 1. The fourth-order valence-corrected chi connectivity index (χ4v) is 2.61. The Morgan fingerprint density at radius 2 is 1.78 bits per heavy atom. The highest BCUT2D eigenvalue weighted by Gasteiger charge is 2.06. The number of fused-ring (bicyclic) bond motifs is 3. The van der Waals surface area contributed by atoms with Crippen LogP contribution >= 0.6 is 31.9 Å². The minimum atomic E-state index is 0.899. The highest BCUT2D eigenvalue weighted by Crippen LogP contribution is 2.28. The van der Waals surface area contributed by atoms with Crippen LogP contribution in [0.2, 0.25) is 0 Å². The topological polar surface area (TPSA) is 15.8 Å². The van der Waals surface area contributed by atoms with Crippen molar-refractivity contribution in [3.8, 4) is 0 Å². The van der Waals surface area contributed by atoms with Gasteiger partial charge in [-0.05, 0) is 49.9 Å². The third kappa shape index (κ3) is 2.13. The van der Waals surface area contributed by atoms with Crippen molar-refractivity contribution in [3.05, 3.63) is 57.5 Å². The molecule has 1 N–H and O–H groups in total. The minimum absolute atomic E-state index is 0.899. The van der Waals surface area contributed by atoms with Gasteiger partial charge in [0.1, 0.15) is 0 Å². The zero-order valence-corrected chi connectivity index (χ0v) is 12.8. The van der Waals surface area contributed by atoms with Crippen molar-refractivity contribution in [2.45, 2.75) is 6.42 Å². The molecule has 0 fully saturated rings. The molecule has 1 heterocycles. The first-order valence-electron chi connectivity index (χ1n) is 5.75. The molecule has 2 aromatic carbocycles. The van der Waals surface area contributed by atoms with Crippen LogP contribution in [0.25, 0.3) is 21.8 Å². The average Bonchev–Trinajstić information content (AvgIpc) is 2.75. The van der Waals surface area contributed by atoms with Crippen LogP contribution in [0.3, 0.4) is 0 Å². The maximum atomic E-state index is 3.51. The summed E-state index contributed by atoms with van der Waals surface area (Å²) in [7, 11) is 0. The number of nitrogens with one attached hydrogen (secondary N) is 1. The van der Waals surface area contributed by atoms with Gasteiger partial charge in [0.2, 0.25) is 0 Å². The van der Waals surface area contributed by atoms with Gasteiger partial charge in [0.15, 0.2) is 0 Å². The highest BCUT2D eigenvalue weighted by molar-refractivity contribution is 9.28. The predicted octanol–water partition coefficient (Wildman–Crippen LogP) is 5.49. The molecule has 18 heavy (non-hydrogen) atoms. The summed E-state index contributed by atoms with van der Waals surface area (Å²) in [6.45, 7) is 0. The number of hydrogen-bond donors (Lipinski definition) is 1. The molecule has 0 amide bonds. The van der Waals surface area contributed by atoms with E-state index in [2.05, 4.69) is 85.4 Å². The summed E-state index contributed by atoms with van der Waals surface area (Å²) in [5.41, 5.74) is 3.73. The van der Waals surface area contributed by atoms with Crippen LogP contribution in [0.4, 0.5) is 0 Å².